The van der Waals surface area contributed by atoms with Gasteiger partial charge in [-0.3, -0.25) is 9.59 Å². The Hall–Kier alpha value is -3.60. The maximum atomic E-state index is 14.8. The molecule has 2 aliphatic rings. The van der Waals surface area contributed by atoms with E-state index in [1.54, 1.807) is 26.0 Å². The molecule has 4 aromatic carbocycles. The Morgan fingerprint density at radius 1 is 0.610 bits per heavy atom. The van der Waals surface area contributed by atoms with Crippen LogP contribution < -0.4 is 27.7 Å². The topological polar surface area (TPSA) is 120 Å². The Balaban J connectivity index is 0.000000376. The number of fused-ring (bicyclic) bond motifs is 2. The second-order valence-electron chi connectivity index (χ2n) is 19.1. The SMILES string of the molecule is CNCc1cccc(-c2c(C)n(C3CC3)c(=O)c3c(Cc4ccc(I)cc4F)c(C)c(=O)oc23)c1.Cc1c(Cc2ccc(I)cc2F)c2c(=O)n(C3CC3)c(C)c(-c3cccc(CN(C)C)c3)c2oc1=O.Cl.Cl.[CH3-].[CH3-].[W].[W]. The zero-order valence-corrected chi connectivity index (χ0v) is 56.1. The third-order valence-corrected chi connectivity index (χ3v) is 15.0. The van der Waals surface area contributed by atoms with Gasteiger partial charge in [0.15, 0.2) is 11.2 Å². The molecule has 0 bridgehead atoms. The van der Waals surface area contributed by atoms with Gasteiger partial charge in [-0.1, -0.05) is 48.5 Å². The van der Waals surface area contributed by atoms with Gasteiger partial charge in [0.25, 0.3) is 11.1 Å². The molecule has 0 amide bonds. The molecule has 18 heteroatoms. The van der Waals surface area contributed by atoms with Crippen LogP contribution in [-0.2, 0) is 68.1 Å². The molecule has 410 valence electrons. The fourth-order valence-electron chi connectivity index (χ4n) is 9.86. The molecule has 0 atom stereocenters. The minimum absolute atomic E-state index is 0. The van der Waals surface area contributed by atoms with Crippen LogP contribution in [0.2, 0.25) is 0 Å². The van der Waals surface area contributed by atoms with Crippen molar-refractivity contribution in [1.82, 2.24) is 19.4 Å². The predicted octanol–water partition coefficient (Wildman–Crippen LogP) is 13.3. The van der Waals surface area contributed by atoms with Gasteiger partial charge in [-0.2, -0.15) is 0 Å². The quantitative estimate of drug-likeness (QED) is 0.0949. The van der Waals surface area contributed by atoms with Crippen molar-refractivity contribution in [3.05, 3.63) is 216 Å². The monoisotopic (exact) mass is 1650 g/mol. The fourth-order valence-corrected chi connectivity index (χ4v) is 10.8. The van der Waals surface area contributed by atoms with Crippen LogP contribution in [0.5, 0.6) is 0 Å². The first-order valence-electron chi connectivity index (χ1n) is 23.7. The molecule has 8 aromatic rings. The normalized spacial score (nSPS) is 12.5. The van der Waals surface area contributed by atoms with E-state index in [1.165, 1.54) is 12.1 Å². The molecule has 0 radical (unpaired) electrons. The Labute approximate surface area is 516 Å². The minimum atomic E-state index is -0.506. The second-order valence-corrected chi connectivity index (χ2v) is 21.6. The van der Waals surface area contributed by atoms with Crippen molar-refractivity contribution in [1.29, 1.82) is 0 Å². The predicted molar refractivity (Wildman–Crippen MR) is 321 cm³/mol. The number of benzene rings is 4. The van der Waals surface area contributed by atoms with E-state index < -0.39 is 11.3 Å². The molecule has 0 aliphatic heterocycles. The van der Waals surface area contributed by atoms with Gasteiger partial charge in [-0.25, -0.2) is 18.4 Å². The van der Waals surface area contributed by atoms with E-state index >= 15 is 0 Å². The smallest absolute Gasteiger partial charge is 0.339 e. The van der Waals surface area contributed by atoms with E-state index in [-0.39, 0.29) is 141 Å². The van der Waals surface area contributed by atoms with Crippen molar-refractivity contribution in [3.8, 4) is 22.3 Å². The average molecular weight is 1650 g/mol. The Morgan fingerprint density at radius 2 is 1.00 bits per heavy atom. The Kier molecular flexibility index (Phi) is 24.8. The largest absolute Gasteiger partial charge is 0.422 e. The van der Waals surface area contributed by atoms with Gasteiger partial charge in [-0.05, 0) is 201 Å². The third-order valence-electron chi connectivity index (χ3n) is 13.6. The zero-order chi connectivity index (χ0) is 50.6. The van der Waals surface area contributed by atoms with Gasteiger partial charge < -0.3 is 43.0 Å². The van der Waals surface area contributed by atoms with Crippen LogP contribution in [0.1, 0.15) is 93.7 Å². The summed E-state index contributed by atoms with van der Waals surface area (Å²) in [6, 6.07) is 26.4. The standard InChI is InChI=1S/C29H28FIN2O3.C28H26FIN2O3.2CH3.2ClH.2W/c1-16-23(13-19-8-9-21(31)14-24(19)30)26-27(36-29(16)35)25(17(2)33(28(26)34)22-10-11-22)20-7-5-6-18(12-20)15-32(3)4;1-15-22(12-18-7-8-20(30)13-23(18)29)25-26(35-28(15)34)24(16(2)32(27(25)33)21-9-10-21)19-6-4-5-17(11-19)14-31-3;;;;;;/h5-9,12,14,22H,10-11,13,15H2,1-4H3;4-8,11,13,21,31H,9-10,12,14H2,1-3H3;2*1H3;2*1H;;/q;;2*-1;;;;. The molecule has 1 N–H and O–H groups in total. The summed E-state index contributed by atoms with van der Waals surface area (Å²) in [5.74, 6) is -0.707. The molecular formula is C59H62Cl2F2I2N4O6W2-2. The maximum Gasteiger partial charge on any atom is 0.339 e. The van der Waals surface area contributed by atoms with Crippen molar-refractivity contribution in [2.45, 2.75) is 91.4 Å². The molecule has 2 saturated carbocycles. The first-order valence-corrected chi connectivity index (χ1v) is 25.9. The van der Waals surface area contributed by atoms with Crippen LogP contribution in [0.4, 0.5) is 8.78 Å². The van der Waals surface area contributed by atoms with Crippen LogP contribution in [-0.4, -0.2) is 35.2 Å². The van der Waals surface area contributed by atoms with E-state index in [0.717, 1.165) is 84.1 Å². The minimum Gasteiger partial charge on any atom is -0.422 e. The van der Waals surface area contributed by atoms with E-state index in [0.29, 0.717) is 50.7 Å². The van der Waals surface area contributed by atoms with Gasteiger partial charge in [0, 0.05) is 121 Å². The molecule has 0 saturated heterocycles. The molecule has 77 heavy (non-hydrogen) atoms. The number of halogens is 6. The molecule has 4 aromatic heterocycles. The molecule has 2 aliphatic carbocycles. The van der Waals surface area contributed by atoms with Gasteiger partial charge in [-0.15, -0.1) is 24.8 Å². The number of hydrogen-bond donors (Lipinski definition) is 1. The first kappa shape index (κ1) is 67.7. The number of nitrogens with one attached hydrogen (secondary N) is 1. The molecule has 10 rings (SSSR count). The summed E-state index contributed by atoms with van der Waals surface area (Å²) in [5, 5.41) is 3.90. The van der Waals surface area contributed by atoms with Crippen molar-refractivity contribution >= 4 is 91.9 Å². The fraction of sp³-hybridized carbons (Fsp3) is 0.288. The van der Waals surface area contributed by atoms with Crippen molar-refractivity contribution in [2.75, 3.05) is 21.1 Å². The summed E-state index contributed by atoms with van der Waals surface area (Å²) in [6.45, 7) is 8.59. The van der Waals surface area contributed by atoms with Gasteiger partial charge in [0.1, 0.15) is 11.6 Å². The number of rotatable bonds is 12. The van der Waals surface area contributed by atoms with Gasteiger partial charge >= 0.3 is 11.3 Å². The molecule has 0 unspecified atom stereocenters. The van der Waals surface area contributed by atoms with Crippen molar-refractivity contribution < 1.29 is 59.7 Å². The van der Waals surface area contributed by atoms with E-state index in [1.807, 2.05) is 86.6 Å². The summed E-state index contributed by atoms with van der Waals surface area (Å²) in [4.78, 5) is 56.0. The first-order chi connectivity index (χ1) is 33.9. The summed E-state index contributed by atoms with van der Waals surface area (Å²) in [5.41, 5.74) is 8.87. The van der Waals surface area contributed by atoms with Crippen LogP contribution in [0.25, 0.3) is 44.2 Å². The maximum absolute atomic E-state index is 14.8. The Morgan fingerprint density at radius 3 is 1.36 bits per heavy atom. The number of nitrogens with zero attached hydrogens (tertiary/aromatic N) is 3. The van der Waals surface area contributed by atoms with Crippen LogP contribution >= 0.6 is 70.0 Å². The summed E-state index contributed by atoms with van der Waals surface area (Å²) in [7, 11) is 5.91. The zero-order valence-electron chi connectivity index (χ0n) is 44.3. The molecule has 2 fully saturated rings. The molecule has 0 spiro atoms. The van der Waals surface area contributed by atoms with E-state index in [4.69, 9.17) is 8.83 Å². The average Bonchev–Trinajstić information content (AvgIpc) is 4.26. The molecular weight excluding hydrogens is 1590 g/mol. The van der Waals surface area contributed by atoms with E-state index in [9.17, 15) is 28.0 Å². The van der Waals surface area contributed by atoms with E-state index in [2.05, 4.69) is 73.6 Å². The summed E-state index contributed by atoms with van der Waals surface area (Å²) >= 11 is 4.13. The number of pyridine rings is 2. The molecule has 4 heterocycles. The van der Waals surface area contributed by atoms with Crippen LogP contribution in [0.3, 0.4) is 0 Å². The summed E-state index contributed by atoms with van der Waals surface area (Å²) < 4.78 is 46.6. The second kappa shape index (κ2) is 28.2. The number of hydrogen-bond acceptors (Lipinski definition) is 8. The summed E-state index contributed by atoms with van der Waals surface area (Å²) in [6.07, 6.45) is 4.01. The third kappa shape index (κ3) is 14.1. The van der Waals surface area contributed by atoms with Crippen molar-refractivity contribution in [3.63, 3.8) is 0 Å². The molecule has 10 nitrogen and oxygen atoms in total. The van der Waals surface area contributed by atoms with Crippen LogP contribution in [0.15, 0.2) is 113 Å². The van der Waals surface area contributed by atoms with Gasteiger partial charge in [0.2, 0.25) is 0 Å². The van der Waals surface area contributed by atoms with Crippen LogP contribution in [0, 0.1) is 61.3 Å². The van der Waals surface area contributed by atoms with Crippen molar-refractivity contribution in [2.24, 2.45) is 0 Å². The van der Waals surface area contributed by atoms with Gasteiger partial charge in [0.05, 0.1) is 10.8 Å². The number of aromatic nitrogens is 2. The Bertz CT molecular complexity index is 3710.